The first-order valence-electron chi connectivity index (χ1n) is 9.23. The predicted octanol–water partition coefficient (Wildman–Crippen LogP) is 4.27. The first kappa shape index (κ1) is 18.6. The van der Waals surface area contributed by atoms with Crippen molar-refractivity contribution in [3.63, 3.8) is 0 Å². The zero-order valence-corrected chi connectivity index (χ0v) is 15.2. The van der Waals surface area contributed by atoms with Crippen LogP contribution in [0.3, 0.4) is 0 Å². The van der Waals surface area contributed by atoms with E-state index < -0.39 is 6.29 Å². The van der Waals surface area contributed by atoms with E-state index in [1.807, 2.05) is 36.4 Å². The molecule has 1 heterocycles. The Morgan fingerprint density at radius 2 is 1.69 bits per heavy atom. The lowest BCUT2D eigenvalue weighted by Gasteiger charge is -2.19. The number of benzene rings is 2. The van der Waals surface area contributed by atoms with Gasteiger partial charge in [0, 0.05) is 13.3 Å². The van der Waals surface area contributed by atoms with Gasteiger partial charge in [0.1, 0.15) is 0 Å². The molecule has 2 aromatic rings. The minimum atomic E-state index is -0.505. The van der Waals surface area contributed by atoms with Gasteiger partial charge in [0.25, 0.3) is 0 Å². The average molecular weight is 354 g/mol. The summed E-state index contributed by atoms with van der Waals surface area (Å²) >= 11 is 0. The Labute approximate surface area is 155 Å². The molecule has 0 spiro atoms. The summed E-state index contributed by atoms with van der Waals surface area (Å²) in [6.45, 7) is 1.95. The molecule has 1 aliphatic heterocycles. The molecule has 4 nitrogen and oxygen atoms in total. The molecule has 26 heavy (non-hydrogen) atoms. The lowest BCUT2D eigenvalue weighted by molar-refractivity contribution is -0.173. The number of aryl methyl sites for hydroxylation is 1. The molecule has 0 bridgehead atoms. The molecule has 0 radical (unpaired) electrons. The highest BCUT2D eigenvalue weighted by Crippen LogP contribution is 2.28. The molecule has 1 aliphatic rings. The standard InChI is InChI=1S/C22H26O4/c1-17(23)25-22-15-21(24-16-19-11-6-3-7-12-19)20(26-22)14-8-13-18-9-4-2-5-10-18/h2-7,9-12,20-22H,8,13-16H2,1H3/t20-,21+,22?/m1/s1. The third-order valence-electron chi connectivity index (χ3n) is 4.57. The maximum atomic E-state index is 11.2. The molecule has 0 amide bonds. The van der Waals surface area contributed by atoms with Gasteiger partial charge in [0.05, 0.1) is 18.8 Å². The van der Waals surface area contributed by atoms with Crippen molar-refractivity contribution in [3.05, 3.63) is 71.8 Å². The molecule has 3 atom stereocenters. The molecule has 3 rings (SSSR count). The summed E-state index contributed by atoms with van der Waals surface area (Å²) in [6.07, 6.45) is 2.86. The number of esters is 1. The molecule has 0 aromatic heterocycles. The average Bonchev–Trinajstić information content (AvgIpc) is 3.02. The quantitative estimate of drug-likeness (QED) is 0.664. The Morgan fingerprint density at radius 1 is 1.04 bits per heavy atom. The van der Waals surface area contributed by atoms with Crippen LogP contribution < -0.4 is 0 Å². The fourth-order valence-electron chi connectivity index (χ4n) is 3.30. The summed E-state index contributed by atoms with van der Waals surface area (Å²) in [7, 11) is 0. The smallest absolute Gasteiger partial charge is 0.304 e. The van der Waals surface area contributed by atoms with E-state index in [1.165, 1.54) is 12.5 Å². The van der Waals surface area contributed by atoms with E-state index in [-0.39, 0.29) is 18.2 Å². The molecular formula is C22H26O4. The summed E-state index contributed by atoms with van der Waals surface area (Å²) in [6, 6.07) is 20.5. The summed E-state index contributed by atoms with van der Waals surface area (Å²) in [4.78, 5) is 11.2. The molecule has 0 aliphatic carbocycles. The highest BCUT2D eigenvalue weighted by Gasteiger charge is 2.37. The minimum absolute atomic E-state index is 0.0493. The minimum Gasteiger partial charge on any atom is -0.436 e. The van der Waals surface area contributed by atoms with Crippen molar-refractivity contribution >= 4 is 5.97 Å². The molecule has 138 valence electrons. The SMILES string of the molecule is CC(=O)OC1C[C@H](OCc2ccccc2)[C@@H](CCCc2ccccc2)O1. The normalized spacial score (nSPS) is 22.3. The van der Waals surface area contributed by atoms with E-state index >= 15 is 0 Å². The van der Waals surface area contributed by atoms with E-state index in [9.17, 15) is 4.79 Å². The number of carbonyl (C=O) groups is 1. The van der Waals surface area contributed by atoms with Gasteiger partial charge < -0.3 is 14.2 Å². The second-order valence-corrected chi connectivity index (χ2v) is 6.66. The van der Waals surface area contributed by atoms with Crippen LogP contribution in [0.15, 0.2) is 60.7 Å². The molecule has 0 saturated carbocycles. The van der Waals surface area contributed by atoms with Crippen molar-refractivity contribution in [2.75, 3.05) is 0 Å². The molecule has 2 aromatic carbocycles. The van der Waals surface area contributed by atoms with E-state index in [1.54, 1.807) is 0 Å². The maximum Gasteiger partial charge on any atom is 0.304 e. The highest BCUT2D eigenvalue weighted by atomic mass is 16.7. The van der Waals surface area contributed by atoms with Gasteiger partial charge in [0.2, 0.25) is 6.29 Å². The van der Waals surface area contributed by atoms with Crippen LogP contribution in [0.1, 0.15) is 37.3 Å². The van der Waals surface area contributed by atoms with E-state index in [0.29, 0.717) is 13.0 Å². The van der Waals surface area contributed by atoms with E-state index in [2.05, 4.69) is 24.3 Å². The number of ether oxygens (including phenoxy) is 3. The van der Waals surface area contributed by atoms with Gasteiger partial charge in [-0.3, -0.25) is 4.79 Å². The van der Waals surface area contributed by atoms with E-state index in [4.69, 9.17) is 14.2 Å². The van der Waals surface area contributed by atoms with Crippen molar-refractivity contribution < 1.29 is 19.0 Å². The number of hydrogen-bond acceptors (Lipinski definition) is 4. The summed E-state index contributed by atoms with van der Waals surface area (Å²) in [5.74, 6) is -0.318. The van der Waals surface area contributed by atoms with Crippen LogP contribution in [0.2, 0.25) is 0 Å². The molecule has 4 heteroatoms. The lowest BCUT2D eigenvalue weighted by atomic mass is 10.0. The number of carbonyl (C=O) groups excluding carboxylic acids is 1. The number of hydrogen-bond donors (Lipinski definition) is 0. The van der Waals surface area contributed by atoms with Crippen molar-refractivity contribution in [1.29, 1.82) is 0 Å². The van der Waals surface area contributed by atoms with Gasteiger partial charge in [0.15, 0.2) is 0 Å². The van der Waals surface area contributed by atoms with Gasteiger partial charge in [-0.1, -0.05) is 60.7 Å². The third-order valence-corrected chi connectivity index (χ3v) is 4.57. The monoisotopic (exact) mass is 354 g/mol. The van der Waals surface area contributed by atoms with Crippen LogP contribution in [0.4, 0.5) is 0 Å². The first-order chi connectivity index (χ1) is 12.7. The van der Waals surface area contributed by atoms with Gasteiger partial charge in [-0.2, -0.15) is 0 Å². The second-order valence-electron chi connectivity index (χ2n) is 6.66. The topological polar surface area (TPSA) is 44.8 Å². The Hall–Kier alpha value is -2.17. The van der Waals surface area contributed by atoms with Gasteiger partial charge in [-0.05, 0) is 30.4 Å². The first-order valence-corrected chi connectivity index (χ1v) is 9.23. The van der Waals surface area contributed by atoms with Gasteiger partial charge in [-0.25, -0.2) is 0 Å². The van der Waals surface area contributed by atoms with Crippen LogP contribution in [0, 0.1) is 0 Å². The summed E-state index contributed by atoms with van der Waals surface area (Å²) in [5.41, 5.74) is 2.45. The lowest BCUT2D eigenvalue weighted by Crippen LogP contribution is -2.24. The van der Waals surface area contributed by atoms with Crippen molar-refractivity contribution in [1.82, 2.24) is 0 Å². The fraction of sp³-hybridized carbons (Fsp3) is 0.409. The van der Waals surface area contributed by atoms with Crippen LogP contribution in [-0.4, -0.2) is 24.5 Å². The van der Waals surface area contributed by atoms with E-state index in [0.717, 1.165) is 24.8 Å². The van der Waals surface area contributed by atoms with Crippen molar-refractivity contribution in [3.8, 4) is 0 Å². The van der Waals surface area contributed by atoms with Gasteiger partial charge >= 0.3 is 5.97 Å². The Kier molecular flexibility index (Phi) is 6.81. The zero-order valence-electron chi connectivity index (χ0n) is 15.2. The van der Waals surface area contributed by atoms with Gasteiger partial charge in [-0.15, -0.1) is 0 Å². The molecule has 0 N–H and O–H groups in total. The third kappa shape index (κ3) is 5.68. The van der Waals surface area contributed by atoms with Crippen LogP contribution in [-0.2, 0) is 32.0 Å². The largest absolute Gasteiger partial charge is 0.436 e. The van der Waals surface area contributed by atoms with Crippen LogP contribution >= 0.6 is 0 Å². The number of rotatable bonds is 8. The fourth-order valence-corrected chi connectivity index (χ4v) is 3.30. The second kappa shape index (κ2) is 9.51. The Balaban J connectivity index is 1.53. The molecule has 1 unspecified atom stereocenters. The Bertz CT molecular complexity index is 671. The summed E-state index contributed by atoms with van der Waals surface area (Å²) < 4.78 is 17.3. The Morgan fingerprint density at radius 3 is 2.35 bits per heavy atom. The molecule has 1 fully saturated rings. The molecule has 1 saturated heterocycles. The van der Waals surface area contributed by atoms with Crippen LogP contribution in [0.5, 0.6) is 0 Å². The molecular weight excluding hydrogens is 328 g/mol. The van der Waals surface area contributed by atoms with Crippen LogP contribution in [0.25, 0.3) is 0 Å². The highest BCUT2D eigenvalue weighted by molar-refractivity contribution is 5.66. The zero-order chi connectivity index (χ0) is 18.2. The van der Waals surface area contributed by atoms with Crippen molar-refractivity contribution in [2.24, 2.45) is 0 Å². The maximum absolute atomic E-state index is 11.2. The predicted molar refractivity (Wildman–Crippen MR) is 99.4 cm³/mol. The summed E-state index contributed by atoms with van der Waals surface area (Å²) in [5, 5.41) is 0. The van der Waals surface area contributed by atoms with Crippen molar-refractivity contribution in [2.45, 2.75) is 57.7 Å².